The van der Waals surface area contributed by atoms with Crippen molar-refractivity contribution in [3.8, 4) is 22.3 Å². The lowest BCUT2D eigenvalue weighted by Crippen LogP contribution is -1.92. The van der Waals surface area contributed by atoms with Crippen molar-refractivity contribution in [2.75, 3.05) is 11.5 Å². The molecule has 0 fully saturated rings. The molecule has 7 aromatic rings. The van der Waals surface area contributed by atoms with Crippen molar-refractivity contribution in [2.24, 2.45) is 0 Å². The fourth-order valence-corrected chi connectivity index (χ4v) is 7.12. The number of aryl methyl sites for hydroxylation is 3. The highest BCUT2D eigenvalue weighted by Crippen LogP contribution is 2.43. The van der Waals surface area contributed by atoms with Gasteiger partial charge in [-0.3, -0.25) is 0 Å². The van der Waals surface area contributed by atoms with E-state index in [-0.39, 0.29) is 0 Å². The zero-order valence-electron chi connectivity index (χ0n) is 26.4. The lowest BCUT2D eigenvalue weighted by molar-refractivity contribution is 1.34. The van der Waals surface area contributed by atoms with Gasteiger partial charge in [0.05, 0.1) is 0 Å². The predicted octanol–water partition coefficient (Wildman–Crippen LogP) is 11.7. The third-order valence-corrected chi connectivity index (χ3v) is 9.79. The van der Waals surface area contributed by atoms with Gasteiger partial charge in [-0.1, -0.05) is 115 Å². The van der Waals surface area contributed by atoms with E-state index in [1.165, 1.54) is 66.1 Å². The van der Waals surface area contributed by atoms with E-state index in [1.807, 2.05) is 31.2 Å². The van der Waals surface area contributed by atoms with Crippen molar-refractivity contribution in [1.29, 1.82) is 0 Å². The fraction of sp³-hybridized carbons (Fsp3) is 0.0952. The summed E-state index contributed by atoms with van der Waals surface area (Å²) in [4.78, 5) is 2.00. The van der Waals surface area contributed by atoms with Crippen molar-refractivity contribution in [2.45, 2.75) is 36.3 Å². The quantitative estimate of drug-likeness (QED) is 0.0764. The molecule has 0 aliphatic rings. The van der Waals surface area contributed by atoms with Crippen LogP contribution in [0.4, 0.5) is 11.4 Å². The molecule has 0 atom stereocenters. The minimum atomic E-state index is 0.740. The molecule has 0 aliphatic carbocycles. The standard InChI is InChI=1S/C35H29NS.C7H9NS/c1-23-11-16-26(17-12-23)34-28-7-3-5-9-30(28)35(31-10-6-4-8-29(31)34)27-18-14-25(15-19-27)22-37-33-21-24(2)13-20-32(33)36;1-5-2-3-6(8)7(9)4-5/h3-21H,22,36H2,1-2H3;2-4,9H,8H2,1H3. The Kier molecular flexibility index (Phi) is 9.39. The lowest BCUT2D eigenvalue weighted by atomic mass is 9.86. The number of hydrogen-bond acceptors (Lipinski definition) is 4. The highest BCUT2D eigenvalue weighted by molar-refractivity contribution is 7.98. The van der Waals surface area contributed by atoms with E-state index < -0.39 is 0 Å². The molecule has 0 bridgehead atoms. The molecule has 0 saturated carbocycles. The van der Waals surface area contributed by atoms with Gasteiger partial charge in [-0.05, 0) is 106 Å². The van der Waals surface area contributed by atoms with E-state index in [0.29, 0.717) is 0 Å². The van der Waals surface area contributed by atoms with Gasteiger partial charge in [-0.15, -0.1) is 24.4 Å². The average Bonchev–Trinajstić information content (AvgIpc) is 3.07. The summed E-state index contributed by atoms with van der Waals surface area (Å²) in [5, 5.41) is 5.14. The van der Waals surface area contributed by atoms with Gasteiger partial charge in [0.25, 0.3) is 0 Å². The van der Waals surface area contributed by atoms with Crippen molar-refractivity contribution in [3.05, 3.63) is 156 Å². The summed E-state index contributed by atoms with van der Waals surface area (Å²) in [5.74, 6) is 0.891. The molecule has 0 radical (unpaired) electrons. The van der Waals surface area contributed by atoms with Gasteiger partial charge in [0.1, 0.15) is 0 Å². The number of hydrogen-bond donors (Lipinski definition) is 3. The van der Waals surface area contributed by atoms with E-state index in [9.17, 15) is 0 Å². The molecule has 4 heteroatoms. The second kappa shape index (κ2) is 13.8. The molecule has 0 unspecified atom stereocenters. The van der Waals surface area contributed by atoms with Crippen LogP contribution >= 0.6 is 24.4 Å². The molecule has 7 rings (SSSR count). The van der Waals surface area contributed by atoms with Crippen LogP contribution < -0.4 is 11.5 Å². The Balaban J connectivity index is 0.000000358. The maximum Gasteiger partial charge on any atom is 0.0452 e. The molecule has 0 heterocycles. The summed E-state index contributed by atoms with van der Waals surface area (Å²) in [6, 6.07) is 47.6. The Morgan fingerprint density at radius 1 is 0.500 bits per heavy atom. The third-order valence-electron chi connectivity index (χ3n) is 8.26. The van der Waals surface area contributed by atoms with Crippen LogP contribution in [-0.4, -0.2) is 0 Å². The molecular formula is C42H38N2S2. The molecule has 46 heavy (non-hydrogen) atoms. The SMILES string of the molecule is Cc1ccc(-c2c3ccccc3c(-c3ccc(CSc4cc(C)ccc4N)cc3)c3ccccc23)cc1.Cc1ccc(N)c(S)c1. The first-order valence-electron chi connectivity index (χ1n) is 15.4. The monoisotopic (exact) mass is 634 g/mol. The fourth-order valence-electron chi connectivity index (χ4n) is 5.82. The van der Waals surface area contributed by atoms with Crippen molar-refractivity contribution in [1.82, 2.24) is 0 Å². The number of thioether (sulfide) groups is 1. The van der Waals surface area contributed by atoms with Crippen molar-refractivity contribution in [3.63, 3.8) is 0 Å². The second-order valence-electron chi connectivity index (χ2n) is 11.8. The van der Waals surface area contributed by atoms with Crippen LogP contribution in [0.3, 0.4) is 0 Å². The maximum atomic E-state index is 6.20. The topological polar surface area (TPSA) is 52.0 Å². The normalized spacial score (nSPS) is 11.0. The van der Waals surface area contributed by atoms with E-state index in [0.717, 1.165) is 26.9 Å². The molecule has 0 aromatic heterocycles. The molecule has 228 valence electrons. The van der Waals surface area contributed by atoms with E-state index in [1.54, 1.807) is 11.8 Å². The number of rotatable bonds is 5. The van der Waals surface area contributed by atoms with Crippen LogP contribution in [0.1, 0.15) is 22.3 Å². The Morgan fingerprint density at radius 3 is 1.41 bits per heavy atom. The molecule has 0 amide bonds. The van der Waals surface area contributed by atoms with Crippen molar-refractivity contribution >= 4 is 57.3 Å². The van der Waals surface area contributed by atoms with Crippen LogP contribution in [0, 0.1) is 20.8 Å². The number of nitrogen functional groups attached to an aromatic ring is 2. The highest BCUT2D eigenvalue weighted by Gasteiger charge is 2.16. The Bertz CT molecular complexity index is 2090. The van der Waals surface area contributed by atoms with Gasteiger partial charge in [0.2, 0.25) is 0 Å². The van der Waals surface area contributed by atoms with Gasteiger partial charge >= 0.3 is 0 Å². The first-order valence-corrected chi connectivity index (χ1v) is 16.9. The molecule has 0 saturated heterocycles. The van der Waals surface area contributed by atoms with Crippen LogP contribution in [0.5, 0.6) is 0 Å². The molecule has 2 nitrogen and oxygen atoms in total. The molecule has 0 spiro atoms. The van der Waals surface area contributed by atoms with Crippen LogP contribution in [-0.2, 0) is 5.75 Å². The molecule has 7 aromatic carbocycles. The van der Waals surface area contributed by atoms with Gasteiger partial charge < -0.3 is 11.5 Å². The molecule has 4 N–H and O–H groups in total. The van der Waals surface area contributed by atoms with Gasteiger partial charge in [0, 0.05) is 26.9 Å². The largest absolute Gasteiger partial charge is 0.398 e. The summed E-state index contributed by atoms with van der Waals surface area (Å²) >= 11 is 5.94. The summed E-state index contributed by atoms with van der Waals surface area (Å²) in [5.41, 5.74) is 23.4. The first-order chi connectivity index (χ1) is 22.3. The Labute approximate surface area is 281 Å². The van der Waals surface area contributed by atoms with E-state index in [2.05, 4.69) is 136 Å². The van der Waals surface area contributed by atoms with Gasteiger partial charge in [-0.25, -0.2) is 0 Å². The Morgan fingerprint density at radius 2 is 0.935 bits per heavy atom. The highest BCUT2D eigenvalue weighted by atomic mass is 32.2. The minimum Gasteiger partial charge on any atom is -0.398 e. The van der Waals surface area contributed by atoms with E-state index >= 15 is 0 Å². The third kappa shape index (κ3) is 6.79. The summed E-state index contributed by atoms with van der Waals surface area (Å²) in [6.45, 7) is 6.26. The second-order valence-corrected chi connectivity index (χ2v) is 13.3. The smallest absolute Gasteiger partial charge is 0.0452 e. The van der Waals surface area contributed by atoms with Crippen LogP contribution in [0.2, 0.25) is 0 Å². The summed E-state index contributed by atoms with van der Waals surface area (Å²) in [6.07, 6.45) is 0. The summed E-state index contributed by atoms with van der Waals surface area (Å²) in [7, 11) is 0. The average molecular weight is 635 g/mol. The predicted molar refractivity (Wildman–Crippen MR) is 205 cm³/mol. The number of nitrogens with two attached hydrogens (primary N) is 2. The number of anilines is 2. The first kappa shape index (κ1) is 31.3. The lowest BCUT2D eigenvalue weighted by Gasteiger charge is -2.18. The zero-order chi connectivity index (χ0) is 32.2. The number of thiol groups is 1. The van der Waals surface area contributed by atoms with E-state index in [4.69, 9.17) is 11.5 Å². The summed E-state index contributed by atoms with van der Waals surface area (Å²) < 4.78 is 0. The van der Waals surface area contributed by atoms with Crippen LogP contribution in [0.25, 0.3) is 43.8 Å². The van der Waals surface area contributed by atoms with Crippen LogP contribution in [0.15, 0.2) is 143 Å². The molecular weight excluding hydrogens is 597 g/mol. The zero-order valence-corrected chi connectivity index (χ0v) is 28.1. The van der Waals surface area contributed by atoms with Crippen molar-refractivity contribution < 1.29 is 0 Å². The minimum absolute atomic E-state index is 0.740. The number of fused-ring (bicyclic) bond motifs is 2. The van der Waals surface area contributed by atoms with Gasteiger partial charge in [0.15, 0.2) is 0 Å². The molecule has 0 aliphatic heterocycles. The number of benzene rings is 7. The maximum absolute atomic E-state index is 6.20. The Hall–Kier alpha value is -4.64. The van der Waals surface area contributed by atoms with Gasteiger partial charge in [-0.2, -0.15) is 0 Å².